The van der Waals surface area contributed by atoms with Crippen LogP contribution >= 0.6 is 11.3 Å². The van der Waals surface area contributed by atoms with Gasteiger partial charge in [-0.1, -0.05) is 6.92 Å². The molecule has 3 aromatic rings. The highest BCUT2D eigenvalue weighted by atomic mass is 32.1. The van der Waals surface area contributed by atoms with E-state index in [4.69, 9.17) is 4.74 Å². The molecule has 0 bridgehead atoms. The van der Waals surface area contributed by atoms with E-state index in [1.807, 2.05) is 44.2 Å². The summed E-state index contributed by atoms with van der Waals surface area (Å²) in [5.41, 5.74) is 1.90. The maximum atomic E-state index is 12.2. The summed E-state index contributed by atoms with van der Waals surface area (Å²) in [7, 11) is 1.60. The van der Waals surface area contributed by atoms with Crippen LogP contribution < -0.4 is 15.4 Å². The fourth-order valence-corrected chi connectivity index (χ4v) is 3.63. The molecule has 0 saturated heterocycles. The summed E-state index contributed by atoms with van der Waals surface area (Å²) in [4.78, 5) is 30.3. The van der Waals surface area contributed by atoms with Gasteiger partial charge in [0.15, 0.2) is 5.82 Å². The normalized spacial score (nSPS) is 10.5. The first-order valence-electron chi connectivity index (χ1n) is 8.74. The monoisotopic (exact) mass is 399 g/mol. The van der Waals surface area contributed by atoms with Crippen molar-refractivity contribution in [2.75, 3.05) is 19.0 Å². The molecule has 9 heteroatoms. The summed E-state index contributed by atoms with van der Waals surface area (Å²) in [6.45, 7) is 3.86. The average Bonchev–Trinajstić information content (AvgIpc) is 3.32. The van der Waals surface area contributed by atoms with Crippen LogP contribution in [0.3, 0.4) is 0 Å². The number of aromatic nitrogens is 3. The van der Waals surface area contributed by atoms with Gasteiger partial charge in [-0.25, -0.2) is 0 Å². The summed E-state index contributed by atoms with van der Waals surface area (Å²) >= 11 is 1.44. The number of hydrogen-bond acceptors (Lipinski definition) is 6. The van der Waals surface area contributed by atoms with Gasteiger partial charge >= 0.3 is 0 Å². The Labute approximate surface area is 166 Å². The Morgan fingerprint density at radius 2 is 2.00 bits per heavy atom. The van der Waals surface area contributed by atoms with Crippen LogP contribution in [0.4, 0.5) is 5.95 Å². The molecule has 0 unspecified atom stereocenters. The lowest BCUT2D eigenvalue weighted by molar-refractivity contribution is -0.115. The topological polar surface area (TPSA) is 109 Å². The fourth-order valence-electron chi connectivity index (χ4n) is 2.59. The number of aryl methyl sites for hydroxylation is 2. The SMILES string of the molecule is CCc1sc(C(=O)NCC(=O)Nc2n[nH]c(-c3ccc(OC)cc3)n2)cc1C. The molecule has 2 aromatic heterocycles. The number of hydrogen-bond donors (Lipinski definition) is 3. The highest BCUT2D eigenvalue weighted by Crippen LogP contribution is 2.22. The van der Waals surface area contributed by atoms with Crippen LogP contribution in [0, 0.1) is 6.92 Å². The zero-order valence-electron chi connectivity index (χ0n) is 15.8. The summed E-state index contributed by atoms with van der Waals surface area (Å²) in [5, 5.41) is 11.9. The van der Waals surface area contributed by atoms with Gasteiger partial charge in [-0.05, 0) is 49.2 Å². The molecule has 146 valence electrons. The predicted molar refractivity (Wildman–Crippen MR) is 108 cm³/mol. The van der Waals surface area contributed by atoms with Crippen molar-refractivity contribution in [3.63, 3.8) is 0 Å². The van der Waals surface area contributed by atoms with Crippen molar-refractivity contribution in [2.24, 2.45) is 0 Å². The molecule has 1 aromatic carbocycles. The van der Waals surface area contributed by atoms with Crippen LogP contribution in [0.25, 0.3) is 11.4 Å². The Morgan fingerprint density at radius 1 is 1.25 bits per heavy atom. The highest BCUT2D eigenvalue weighted by Gasteiger charge is 2.14. The van der Waals surface area contributed by atoms with Crippen LogP contribution in [-0.4, -0.2) is 40.7 Å². The Balaban J connectivity index is 1.54. The van der Waals surface area contributed by atoms with Crippen molar-refractivity contribution in [3.8, 4) is 17.1 Å². The second kappa shape index (κ2) is 8.66. The van der Waals surface area contributed by atoms with Gasteiger partial charge < -0.3 is 10.1 Å². The lowest BCUT2D eigenvalue weighted by Crippen LogP contribution is -2.32. The molecule has 3 N–H and O–H groups in total. The smallest absolute Gasteiger partial charge is 0.261 e. The molecule has 8 nitrogen and oxygen atoms in total. The molecule has 0 aliphatic carbocycles. The van der Waals surface area contributed by atoms with Gasteiger partial charge in [0, 0.05) is 10.4 Å². The quantitative estimate of drug-likeness (QED) is 0.566. The van der Waals surface area contributed by atoms with Crippen molar-refractivity contribution in [1.29, 1.82) is 0 Å². The summed E-state index contributed by atoms with van der Waals surface area (Å²) in [5.74, 6) is 0.724. The molecule has 28 heavy (non-hydrogen) atoms. The van der Waals surface area contributed by atoms with E-state index in [-0.39, 0.29) is 18.4 Å². The molecular formula is C19H21N5O3S. The zero-order chi connectivity index (χ0) is 20.1. The van der Waals surface area contributed by atoms with Crippen molar-refractivity contribution < 1.29 is 14.3 Å². The largest absolute Gasteiger partial charge is 0.497 e. The lowest BCUT2D eigenvalue weighted by Gasteiger charge is -2.03. The zero-order valence-corrected chi connectivity index (χ0v) is 16.6. The number of H-pyrrole nitrogens is 1. The van der Waals surface area contributed by atoms with E-state index in [0.29, 0.717) is 10.7 Å². The van der Waals surface area contributed by atoms with E-state index in [1.54, 1.807) is 7.11 Å². The number of nitrogens with one attached hydrogen (secondary N) is 3. The molecule has 0 spiro atoms. The number of amides is 2. The number of ether oxygens (including phenoxy) is 1. The van der Waals surface area contributed by atoms with Crippen LogP contribution in [0.2, 0.25) is 0 Å². The lowest BCUT2D eigenvalue weighted by atomic mass is 10.2. The summed E-state index contributed by atoms with van der Waals surface area (Å²) in [6, 6.07) is 9.12. The molecule has 0 aliphatic rings. The van der Waals surface area contributed by atoms with E-state index >= 15 is 0 Å². The van der Waals surface area contributed by atoms with Gasteiger partial charge in [0.25, 0.3) is 5.91 Å². The van der Waals surface area contributed by atoms with Gasteiger partial charge in [0.2, 0.25) is 11.9 Å². The first-order chi connectivity index (χ1) is 13.5. The minimum absolute atomic E-state index is 0.144. The van der Waals surface area contributed by atoms with Gasteiger partial charge in [-0.15, -0.1) is 16.4 Å². The number of methoxy groups -OCH3 is 1. The molecule has 2 heterocycles. The number of carbonyl (C=O) groups is 2. The predicted octanol–water partition coefficient (Wildman–Crippen LogP) is 2.78. The standard InChI is InChI=1S/C19H21N5O3S/c1-4-14-11(2)9-15(28-14)18(26)20-10-16(25)21-19-22-17(23-24-19)12-5-7-13(27-3)8-6-12/h5-9H,4,10H2,1-3H3,(H,20,26)(H2,21,22,23,24,25). The molecule has 0 radical (unpaired) electrons. The summed E-state index contributed by atoms with van der Waals surface area (Å²) < 4.78 is 5.12. The second-order valence-corrected chi connectivity index (χ2v) is 7.17. The first-order valence-corrected chi connectivity index (χ1v) is 9.56. The number of thiophene rings is 1. The Kier molecular flexibility index (Phi) is 6.05. The minimum atomic E-state index is -0.405. The van der Waals surface area contributed by atoms with Crippen molar-refractivity contribution in [2.45, 2.75) is 20.3 Å². The Bertz CT molecular complexity index is 978. The third-order valence-electron chi connectivity index (χ3n) is 4.08. The Hall–Kier alpha value is -3.20. The average molecular weight is 399 g/mol. The van der Waals surface area contributed by atoms with Gasteiger partial charge in [0.05, 0.1) is 18.5 Å². The second-order valence-electron chi connectivity index (χ2n) is 6.04. The molecule has 2 amide bonds. The first kappa shape index (κ1) is 19.6. The van der Waals surface area contributed by atoms with E-state index < -0.39 is 5.91 Å². The number of carbonyl (C=O) groups excluding carboxylic acids is 2. The maximum absolute atomic E-state index is 12.2. The van der Waals surface area contributed by atoms with Crippen LogP contribution in [0.15, 0.2) is 30.3 Å². The van der Waals surface area contributed by atoms with E-state index in [9.17, 15) is 9.59 Å². The van der Waals surface area contributed by atoms with Gasteiger partial charge in [-0.3, -0.25) is 20.0 Å². The molecule has 0 aliphatic heterocycles. The third kappa shape index (κ3) is 4.55. The van der Waals surface area contributed by atoms with Crippen molar-refractivity contribution >= 4 is 29.1 Å². The molecule has 0 atom stereocenters. The molecule has 0 fully saturated rings. The van der Waals surface area contributed by atoms with Crippen LogP contribution in [-0.2, 0) is 11.2 Å². The van der Waals surface area contributed by atoms with Crippen LogP contribution in [0.1, 0.15) is 27.0 Å². The van der Waals surface area contributed by atoms with E-state index in [0.717, 1.165) is 23.3 Å². The Morgan fingerprint density at radius 3 is 2.64 bits per heavy atom. The van der Waals surface area contributed by atoms with E-state index in [1.165, 1.54) is 16.2 Å². The van der Waals surface area contributed by atoms with Crippen molar-refractivity contribution in [3.05, 3.63) is 45.6 Å². The number of nitrogens with zero attached hydrogens (tertiary/aromatic N) is 2. The third-order valence-corrected chi connectivity index (χ3v) is 5.46. The van der Waals surface area contributed by atoms with Crippen molar-refractivity contribution in [1.82, 2.24) is 20.5 Å². The maximum Gasteiger partial charge on any atom is 0.261 e. The number of benzene rings is 1. The highest BCUT2D eigenvalue weighted by molar-refractivity contribution is 7.14. The molecular weight excluding hydrogens is 378 g/mol. The van der Waals surface area contributed by atoms with Gasteiger partial charge in [-0.2, -0.15) is 4.98 Å². The number of aromatic amines is 1. The molecule has 3 rings (SSSR count). The van der Waals surface area contributed by atoms with E-state index in [2.05, 4.69) is 25.8 Å². The fraction of sp³-hybridized carbons (Fsp3) is 0.263. The van der Waals surface area contributed by atoms with Crippen LogP contribution in [0.5, 0.6) is 5.75 Å². The summed E-state index contributed by atoms with van der Waals surface area (Å²) in [6.07, 6.45) is 0.881. The number of anilines is 1. The molecule has 0 saturated carbocycles. The van der Waals surface area contributed by atoms with Gasteiger partial charge in [0.1, 0.15) is 5.75 Å². The number of rotatable bonds is 7. The minimum Gasteiger partial charge on any atom is -0.497 e.